The van der Waals surface area contributed by atoms with Crippen molar-refractivity contribution in [3.05, 3.63) is 81.5 Å². The van der Waals surface area contributed by atoms with Gasteiger partial charge >= 0.3 is 5.69 Å². The average Bonchev–Trinajstić information content (AvgIpc) is 2.53. The maximum absolute atomic E-state index is 12.6. The molecule has 0 saturated heterocycles. The van der Waals surface area contributed by atoms with Gasteiger partial charge in [0.1, 0.15) is 11.1 Å². The monoisotopic (exact) mass is 292 g/mol. The summed E-state index contributed by atoms with van der Waals surface area (Å²) in [7, 11) is 0. The van der Waals surface area contributed by atoms with Crippen LogP contribution in [0.2, 0.25) is 0 Å². The third-order valence-electron chi connectivity index (χ3n) is 3.49. The molecule has 0 saturated carbocycles. The smallest absolute Gasteiger partial charge is 0.288 e. The minimum Gasteiger partial charge on any atom is -0.288 e. The Balaban J connectivity index is 2.22. The molecular formula is C17H12N2O3. The maximum atomic E-state index is 12.6. The summed E-state index contributed by atoms with van der Waals surface area (Å²) in [6, 6.07) is 13.6. The minimum absolute atomic E-state index is 0.0556. The van der Waals surface area contributed by atoms with Crippen molar-refractivity contribution in [2.24, 2.45) is 0 Å². The molecule has 0 bridgehead atoms. The van der Waals surface area contributed by atoms with E-state index in [1.807, 2.05) is 6.92 Å². The molecule has 5 heteroatoms. The highest BCUT2D eigenvalue weighted by Crippen LogP contribution is 2.29. The Hall–Kier alpha value is -3.08. The predicted octanol–water partition coefficient (Wildman–Crippen LogP) is 3.68. The van der Waals surface area contributed by atoms with Crippen LogP contribution in [-0.4, -0.2) is 15.7 Å². The lowest BCUT2D eigenvalue weighted by Gasteiger charge is -2.05. The molecule has 0 radical (unpaired) electrons. The molecular weight excluding hydrogens is 280 g/mol. The van der Waals surface area contributed by atoms with Crippen molar-refractivity contribution in [1.82, 2.24) is 4.98 Å². The number of rotatable bonds is 3. The van der Waals surface area contributed by atoms with Gasteiger partial charge in [-0.3, -0.25) is 14.9 Å². The van der Waals surface area contributed by atoms with Crippen LogP contribution < -0.4 is 0 Å². The van der Waals surface area contributed by atoms with Gasteiger partial charge < -0.3 is 0 Å². The van der Waals surface area contributed by atoms with Crippen LogP contribution in [0.4, 0.5) is 5.69 Å². The summed E-state index contributed by atoms with van der Waals surface area (Å²) in [5.74, 6) is -0.376. The molecule has 1 heterocycles. The lowest BCUT2D eigenvalue weighted by Crippen LogP contribution is -2.06. The lowest BCUT2D eigenvalue weighted by molar-refractivity contribution is -0.383. The molecule has 0 amide bonds. The third kappa shape index (κ3) is 2.33. The van der Waals surface area contributed by atoms with E-state index in [0.29, 0.717) is 10.9 Å². The van der Waals surface area contributed by atoms with Crippen molar-refractivity contribution in [2.45, 2.75) is 6.92 Å². The molecule has 1 aromatic heterocycles. The normalized spacial score (nSPS) is 10.6. The Morgan fingerprint density at radius 3 is 2.50 bits per heavy atom. The van der Waals surface area contributed by atoms with Crippen molar-refractivity contribution < 1.29 is 9.72 Å². The molecule has 0 N–H and O–H groups in total. The van der Waals surface area contributed by atoms with E-state index in [-0.39, 0.29) is 22.6 Å². The summed E-state index contributed by atoms with van der Waals surface area (Å²) in [4.78, 5) is 27.5. The van der Waals surface area contributed by atoms with Gasteiger partial charge in [-0.1, -0.05) is 42.0 Å². The van der Waals surface area contributed by atoms with Crippen LogP contribution in [0.25, 0.3) is 10.9 Å². The third-order valence-corrected chi connectivity index (χ3v) is 3.49. The van der Waals surface area contributed by atoms with Crippen molar-refractivity contribution >= 4 is 22.4 Å². The molecule has 0 spiro atoms. The summed E-state index contributed by atoms with van der Waals surface area (Å²) in [6.07, 6.45) is 1.48. The van der Waals surface area contributed by atoms with Crippen LogP contribution in [0, 0.1) is 17.0 Å². The van der Waals surface area contributed by atoms with Crippen LogP contribution in [0.15, 0.2) is 54.7 Å². The van der Waals surface area contributed by atoms with E-state index in [0.717, 1.165) is 5.56 Å². The molecule has 0 fully saturated rings. The number of carbonyl (C=O) groups is 1. The van der Waals surface area contributed by atoms with Crippen LogP contribution in [0.3, 0.4) is 0 Å². The van der Waals surface area contributed by atoms with Gasteiger partial charge in [-0.2, -0.15) is 0 Å². The number of nitro benzene ring substituents is 1. The number of hydrogen-bond acceptors (Lipinski definition) is 4. The zero-order valence-electron chi connectivity index (χ0n) is 11.8. The van der Waals surface area contributed by atoms with Crippen molar-refractivity contribution in [3.8, 4) is 0 Å². The van der Waals surface area contributed by atoms with E-state index in [2.05, 4.69) is 4.98 Å². The first kappa shape index (κ1) is 13.9. The fraction of sp³-hybridized carbons (Fsp3) is 0.0588. The van der Waals surface area contributed by atoms with Crippen LogP contribution in [0.1, 0.15) is 21.5 Å². The number of hydrogen-bond donors (Lipinski definition) is 0. The first-order valence-corrected chi connectivity index (χ1v) is 6.71. The zero-order valence-corrected chi connectivity index (χ0v) is 11.8. The topological polar surface area (TPSA) is 73.1 Å². The number of aryl methyl sites for hydroxylation is 1. The summed E-state index contributed by atoms with van der Waals surface area (Å²) in [5, 5.41) is 12.1. The number of benzene rings is 2. The maximum Gasteiger partial charge on any atom is 0.306 e. The van der Waals surface area contributed by atoms with Gasteiger partial charge in [-0.25, -0.2) is 4.98 Å². The quantitative estimate of drug-likeness (QED) is 0.419. The molecule has 22 heavy (non-hydrogen) atoms. The molecule has 2 aromatic carbocycles. The molecule has 0 aliphatic rings. The molecule has 3 rings (SSSR count). The molecule has 108 valence electrons. The van der Waals surface area contributed by atoms with Crippen LogP contribution in [0.5, 0.6) is 0 Å². The highest BCUT2D eigenvalue weighted by molar-refractivity contribution is 6.14. The Labute approximate surface area is 126 Å². The lowest BCUT2D eigenvalue weighted by atomic mass is 9.99. The SMILES string of the molecule is Cc1ccc(C(=O)c2ccc3cccnc3c2[N+](=O)[O-])cc1. The van der Waals surface area contributed by atoms with Gasteiger partial charge in [0.05, 0.1) is 4.92 Å². The number of nitro groups is 1. The first-order valence-electron chi connectivity index (χ1n) is 6.71. The zero-order chi connectivity index (χ0) is 15.7. The molecule has 0 aliphatic carbocycles. The highest BCUT2D eigenvalue weighted by atomic mass is 16.6. The number of ketones is 1. The van der Waals surface area contributed by atoms with E-state index in [1.54, 1.807) is 42.5 Å². The van der Waals surface area contributed by atoms with Gasteiger partial charge in [0, 0.05) is 17.1 Å². The summed E-state index contributed by atoms with van der Waals surface area (Å²) >= 11 is 0. The van der Waals surface area contributed by atoms with Gasteiger partial charge in [0.15, 0.2) is 5.78 Å². The average molecular weight is 292 g/mol. The number of aromatic nitrogens is 1. The van der Waals surface area contributed by atoms with E-state index in [9.17, 15) is 14.9 Å². The Morgan fingerprint density at radius 2 is 1.82 bits per heavy atom. The minimum atomic E-state index is -0.545. The second-order valence-corrected chi connectivity index (χ2v) is 4.99. The summed E-state index contributed by atoms with van der Waals surface area (Å²) in [5.41, 5.74) is 1.48. The van der Waals surface area contributed by atoms with Crippen molar-refractivity contribution in [2.75, 3.05) is 0 Å². The molecule has 0 unspecified atom stereocenters. The predicted molar refractivity (Wildman–Crippen MR) is 83.0 cm³/mol. The first-order chi connectivity index (χ1) is 10.6. The van der Waals surface area contributed by atoms with Gasteiger partial charge in [0.25, 0.3) is 0 Å². The second kappa shape index (κ2) is 5.37. The Morgan fingerprint density at radius 1 is 1.09 bits per heavy atom. The van der Waals surface area contributed by atoms with Crippen molar-refractivity contribution in [3.63, 3.8) is 0 Å². The number of nitrogens with zero attached hydrogens (tertiary/aromatic N) is 2. The van der Waals surface area contributed by atoms with Crippen molar-refractivity contribution in [1.29, 1.82) is 0 Å². The number of fused-ring (bicyclic) bond motifs is 1. The molecule has 0 atom stereocenters. The van der Waals surface area contributed by atoms with E-state index < -0.39 is 4.92 Å². The summed E-state index contributed by atoms with van der Waals surface area (Å²) in [6.45, 7) is 1.91. The molecule has 0 aliphatic heterocycles. The molecule has 3 aromatic rings. The Bertz CT molecular complexity index is 886. The van der Waals surface area contributed by atoms with Crippen LogP contribution in [-0.2, 0) is 0 Å². The fourth-order valence-electron chi connectivity index (χ4n) is 2.36. The van der Waals surface area contributed by atoms with E-state index in [1.165, 1.54) is 12.3 Å². The fourth-order valence-corrected chi connectivity index (χ4v) is 2.36. The van der Waals surface area contributed by atoms with Crippen LogP contribution >= 0.6 is 0 Å². The second-order valence-electron chi connectivity index (χ2n) is 4.99. The van der Waals surface area contributed by atoms with E-state index in [4.69, 9.17) is 0 Å². The van der Waals surface area contributed by atoms with Gasteiger partial charge in [-0.15, -0.1) is 0 Å². The number of pyridine rings is 1. The Kier molecular flexibility index (Phi) is 3.39. The summed E-state index contributed by atoms with van der Waals surface area (Å²) < 4.78 is 0. The number of carbonyl (C=O) groups excluding carboxylic acids is 1. The highest BCUT2D eigenvalue weighted by Gasteiger charge is 2.25. The van der Waals surface area contributed by atoms with Gasteiger partial charge in [-0.05, 0) is 19.1 Å². The van der Waals surface area contributed by atoms with Gasteiger partial charge in [0.2, 0.25) is 0 Å². The van der Waals surface area contributed by atoms with E-state index >= 15 is 0 Å². The standard InChI is InChI=1S/C17H12N2O3/c1-11-4-6-13(7-5-11)17(20)14-9-8-12-3-2-10-18-15(12)16(14)19(21)22/h2-10H,1H3. The largest absolute Gasteiger partial charge is 0.306 e. The molecule has 5 nitrogen and oxygen atoms in total.